The van der Waals surface area contributed by atoms with Crippen LogP contribution in [0.25, 0.3) is 6.08 Å². The zero-order chi connectivity index (χ0) is 6.81. The molecule has 1 aromatic rings. The van der Waals surface area contributed by atoms with Crippen LogP contribution in [0.5, 0.6) is 0 Å². The van der Waals surface area contributed by atoms with Crippen molar-refractivity contribution in [2.75, 3.05) is 0 Å². The van der Waals surface area contributed by atoms with Crippen molar-refractivity contribution in [2.24, 2.45) is 4.99 Å². The highest BCUT2D eigenvalue weighted by Crippen LogP contribution is 2.22. The van der Waals surface area contributed by atoms with Crippen molar-refractivity contribution < 1.29 is 0 Å². The molecule has 3 heteroatoms. The van der Waals surface area contributed by atoms with Gasteiger partial charge >= 0.3 is 0 Å². The van der Waals surface area contributed by atoms with Gasteiger partial charge in [0.05, 0.1) is 11.2 Å². The smallest absolute Gasteiger partial charge is 0.0645 e. The summed E-state index contributed by atoms with van der Waals surface area (Å²) in [6.45, 7) is 0. The molecule has 2 rings (SSSR count). The van der Waals surface area contributed by atoms with Gasteiger partial charge < -0.3 is 4.98 Å². The van der Waals surface area contributed by atoms with Crippen LogP contribution >= 0.6 is 11.8 Å². The molecule has 0 atom stereocenters. The first-order valence-electron chi connectivity index (χ1n) is 2.99. The number of nitrogens with zero attached hydrogens (tertiary/aromatic N) is 1. The molecule has 1 N–H and O–H groups in total. The Morgan fingerprint density at radius 2 is 2.50 bits per heavy atom. The first kappa shape index (κ1) is 5.80. The molecule has 0 saturated carbocycles. The van der Waals surface area contributed by atoms with Crippen LogP contribution in [0, 0.1) is 0 Å². The van der Waals surface area contributed by atoms with Gasteiger partial charge in [-0.3, -0.25) is 4.99 Å². The van der Waals surface area contributed by atoms with Crippen molar-refractivity contribution in [2.45, 2.75) is 4.90 Å². The van der Waals surface area contributed by atoms with Crippen LogP contribution in [0.1, 0.15) is 5.69 Å². The molecule has 0 fully saturated rings. The van der Waals surface area contributed by atoms with E-state index in [2.05, 4.69) is 9.98 Å². The summed E-state index contributed by atoms with van der Waals surface area (Å²) in [4.78, 5) is 8.34. The second-order valence-corrected chi connectivity index (χ2v) is 2.83. The van der Waals surface area contributed by atoms with E-state index >= 15 is 0 Å². The summed E-state index contributed by atoms with van der Waals surface area (Å²) in [6, 6.07) is 2.04. The summed E-state index contributed by atoms with van der Waals surface area (Å²) in [5, 5.41) is 0. The lowest BCUT2D eigenvalue weighted by Gasteiger charge is -1.88. The Hall–Kier alpha value is -0.960. The summed E-state index contributed by atoms with van der Waals surface area (Å²) >= 11 is 1.63. The summed E-state index contributed by atoms with van der Waals surface area (Å²) in [5.74, 6) is 0. The molecule has 0 spiro atoms. The van der Waals surface area contributed by atoms with E-state index in [4.69, 9.17) is 0 Å². The molecule has 10 heavy (non-hydrogen) atoms. The summed E-state index contributed by atoms with van der Waals surface area (Å²) in [7, 11) is 0. The van der Waals surface area contributed by atoms with Crippen molar-refractivity contribution in [3.63, 3.8) is 0 Å². The Kier molecular flexibility index (Phi) is 1.36. The van der Waals surface area contributed by atoms with E-state index in [0.717, 1.165) is 5.69 Å². The molecule has 0 amide bonds. The molecule has 0 radical (unpaired) electrons. The predicted molar refractivity (Wildman–Crippen MR) is 44.2 cm³/mol. The maximum Gasteiger partial charge on any atom is 0.0645 e. The van der Waals surface area contributed by atoms with Crippen molar-refractivity contribution >= 4 is 23.4 Å². The summed E-state index contributed by atoms with van der Waals surface area (Å²) in [6.07, 6.45) is 5.68. The lowest BCUT2D eigenvalue weighted by Crippen LogP contribution is -1.70. The average Bonchev–Trinajstić information content (AvgIpc) is 2.28. The minimum absolute atomic E-state index is 1.14. The zero-order valence-corrected chi connectivity index (χ0v) is 6.06. The fourth-order valence-electron chi connectivity index (χ4n) is 0.841. The third-order valence-electron chi connectivity index (χ3n) is 1.31. The fourth-order valence-corrected chi connectivity index (χ4v) is 1.49. The lowest BCUT2D eigenvalue weighted by molar-refractivity contribution is 1.33. The SMILES string of the molecule is C1=Cc2[nH]ccc2SC=N1. The Balaban J connectivity index is 2.50. The Morgan fingerprint density at radius 3 is 3.50 bits per heavy atom. The minimum Gasteiger partial charge on any atom is -0.361 e. The number of fused-ring (bicyclic) bond motifs is 1. The number of hydrogen-bond donors (Lipinski definition) is 1. The third kappa shape index (κ3) is 0.885. The Labute approximate surface area is 63.1 Å². The van der Waals surface area contributed by atoms with Crippen LogP contribution in [0.15, 0.2) is 28.4 Å². The second kappa shape index (κ2) is 2.34. The first-order valence-corrected chi connectivity index (χ1v) is 3.87. The molecule has 0 aromatic carbocycles. The summed E-state index contributed by atoms with van der Waals surface area (Å²) in [5.41, 5.74) is 2.97. The zero-order valence-electron chi connectivity index (χ0n) is 5.24. The van der Waals surface area contributed by atoms with Gasteiger partial charge in [0.15, 0.2) is 0 Å². The highest BCUT2D eigenvalue weighted by molar-refractivity contribution is 8.12. The molecular weight excluding hydrogens is 144 g/mol. The van der Waals surface area contributed by atoms with Crippen LogP contribution in [-0.4, -0.2) is 10.5 Å². The molecular formula is C7H6N2S. The van der Waals surface area contributed by atoms with Crippen LogP contribution < -0.4 is 0 Å². The maximum atomic E-state index is 4.00. The van der Waals surface area contributed by atoms with Gasteiger partial charge in [0.1, 0.15) is 0 Å². The van der Waals surface area contributed by atoms with Gasteiger partial charge in [-0.1, -0.05) is 11.8 Å². The molecule has 0 aliphatic carbocycles. The summed E-state index contributed by atoms with van der Waals surface area (Å²) < 4.78 is 0. The van der Waals surface area contributed by atoms with E-state index in [1.807, 2.05) is 23.9 Å². The molecule has 2 nitrogen and oxygen atoms in total. The molecule has 1 aliphatic rings. The standard InChI is InChI=1S/C7H6N2S/c1-3-8-5-10-7-2-4-9-6(1)7/h1-5,9H. The molecule has 0 saturated heterocycles. The van der Waals surface area contributed by atoms with Gasteiger partial charge in [-0.2, -0.15) is 0 Å². The van der Waals surface area contributed by atoms with Gasteiger partial charge in [-0.25, -0.2) is 0 Å². The molecule has 1 aromatic heterocycles. The monoisotopic (exact) mass is 150 g/mol. The number of aromatic nitrogens is 1. The maximum absolute atomic E-state index is 4.00. The van der Waals surface area contributed by atoms with Crippen molar-refractivity contribution in [1.82, 2.24) is 4.98 Å². The Morgan fingerprint density at radius 1 is 1.50 bits per heavy atom. The van der Waals surface area contributed by atoms with Gasteiger partial charge in [0.2, 0.25) is 0 Å². The van der Waals surface area contributed by atoms with E-state index in [1.165, 1.54) is 4.90 Å². The minimum atomic E-state index is 1.14. The largest absolute Gasteiger partial charge is 0.361 e. The quantitative estimate of drug-likeness (QED) is 0.602. The highest BCUT2D eigenvalue weighted by Gasteiger charge is 2.00. The normalized spacial score (nSPS) is 14.8. The molecule has 0 bridgehead atoms. The third-order valence-corrected chi connectivity index (χ3v) is 2.14. The Bertz CT molecular complexity index is 286. The van der Waals surface area contributed by atoms with Crippen LogP contribution in [0.4, 0.5) is 0 Å². The number of rotatable bonds is 0. The molecule has 0 unspecified atom stereocenters. The van der Waals surface area contributed by atoms with E-state index in [9.17, 15) is 0 Å². The lowest BCUT2D eigenvalue weighted by atomic mass is 10.4. The van der Waals surface area contributed by atoms with Crippen molar-refractivity contribution in [3.8, 4) is 0 Å². The van der Waals surface area contributed by atoms with Gasteiger partial charge in [0.25, 0.3) is 0 Å². The van der Waals surface area contributed by atoms with Gasteiger partial charge in [-0.05, 0) is 12.1 Å². The number of aromatic amines is 1. The highest BCUT2D eigenvalue weighted by atomic mass is 32.2. The topological polar surface area (TPSA) is 28.1 Å². The fraction of sp³-hybridized carbons (Fsp3) is 0. The number of H-pyrrole nitrogens is 1. The van der Waals surface area contributed by atoms with Crippen LogP contribution in [0.2, 0.25) is 0 Å². The number of aliphatic imine (C=N–C) groups is 1. The predicted octanol–water partition coefficient (Wildman–Crippen LogP) is 2.12. The van der Waals surface area contributed by atoms with Crippen molar-refractivity contribution in [3.05, 3.63) is 24.2 Å². The van der Waals surface area contributed by atoms with Crippen molar-refractivity contribution in [1.29, 1.82) is 0 Å². The van der Waals surface area contributed by atoms with E-state index in [-0.39, 0.29) is 0 Å². The van der Waals surface area contributed by atoms with Gasteiger partial charge in [-0.15, -0.1) is 0 Å². The molecule has 2 heterocycles. The van der Waals surface area contributed by atoms with E-state index in [0.29, 0.717) is 0 Å². The van der Waals surface area contributed by atoms with Gasteiger partial charge in [0, 0.05) is 17.3 Å². The van der Waals surface area contributed by atoms with Crippen LogP contribution in [0.3, 0.4) is 0 Å². The molecule has 1 aliphatic heterocycles. The first-order chi connectivity index (χ1) is 4.97. The number of hydrogen-bond acceptors (Lipinski definition) is 2. The number of thioether (sulfide) groups is 1. The van der Waals surface area contributed by atoms with E-state index < -0.39 is 0 Å². The number of nitrogens with one attached hydrogen (secondary N) is 1. The van der Waals surface area contributed by atoms with E-state index in [1.54, 1.807) is 18.0 Å². The molecule has 50 valence electrons. The second-order valence-electron chi connectivity index (χ2n) is 1.94. The average molecular weight is 150 g/mol. The van der Waals surface area contributed by atoms with Crippen LogP contribution in [-0.2, 0) is 0 Å².